The van der Waals surface area contributed by atoms with Crippen molar-refractivity contribution in [2.75, 3.05) is 29.6 Å². The average molecular weight is 427 g/mol. The fourth-order valence-electron chi connectivity index (χ4n) is 2.66. The van der Waals surface area contributed by atoms with E-state index in [1.54, 1.807) is 36.4 Å². The molecule has 1 unspecified atom stereocenters. The van der Waals surface area contributed by atoms with Crippen molar-refractivity contribution in [3.63, 3.8) is 0 Å². The van der Waals surface area contributed by atoms with Crippen LogP contribution in [-0.2, 0) is 14.8 Å². The molecular formula is C19H23ClN2O5S. The molecule has 1 N–H and O–H groups in total. The Balaban J connectivity index is 2.26. The second kappa shape index (κ2) is 9.16. The Labute approximate surface area is 170 Å². The molecular weight excluding hydrogens is 404 g/mol. The highest BCUT2D eigenvalue weighted by Gasteiger charge is 2.29. The molecule has 152 valence electrons. The topological polar surface area (TPSA) is 84.9 Å². The maximum atomic E-state index is 12.7. The average Bonchev–Trinajstić information content (AvgIpc) is 2.62. The summed E-state index contributed by atoms with van der Waals surface area (Å²) < 4.78 is 36.2. The first-order chi connectivity index (χ1) is 13.2. The molecule has 2 aromatic rings. The van der Waals surface area contributed by atoms with Crippen molar-refractivity contribution in [2.24, 2.45) is 0 Å². The Hall–Kier alpha value is -2.45. The van der Waals surface area contributed by atoms with Gasteiger partial charge in [0.2, 0.25) is 15.9 Å². The zero-order chi connectivity index (χ0) is 20.9. The monoisotopic (exact) mass is 426 g/mol. The molecule has 7 nitrogen and oxygen atoms in total. The first-order valence-corrected chi connectivity index (χ1v) is 10.8. The number of ether oxygens (including phenoxy) is 2. The van der Waals surface area contributed by atoms with Crippen LogP contribution in [0, 0.1) is 0 Å². The molecule has 9 heteroatoms. The van der Waals surface area contributed by atoms with Crippen LogP contribution in [0.5, 0.6) is 11.5 Å². The number of carbonyl (C=O) groups excluding carboxylic acids is 1. The number of sulfonamides is 1. The lowest BCUT2D eigenvalue weighted by Crippen LogP contribution is -2.45. The standard InChI is InChI=1S/C19H23ClN2O5S/c1-5-27-16-9-7-15(8-10-16)22(28(4,24)25)13(2)19(23)21-14-6-11-18(26-3)17(20)12-14/h6-13H,5H2,1-4H3,(H,21,23). The first-order valence-electron chi connectivity index (χ1n) is 8.54. The number of amides is 1. The highest BCUT2D eigenvalue weighted by atomic mass is 35.5. The van der Waals surface area contributed by atoms with Crippen LogP contribution in [0.4, 0.5) is 11.4 Å². The Morgan fingerprint density at radius 2 is 1.86 bits per heavy atom. The van der Waals surface area contributed by atoms with Gasteiger partial charge in [0.1, 0.15) is 17.5 Å². The van der Waals surface area contributed by atoms with E-state index in [1.165, 1.54) is 20.1 Å². The highest BCUT2D eigenvalue weighted by molar-refractivity contribution is 7.92. The van der Waals surface area contributed by atoms with Gasteiger partial charge in [0.15, 0.2) is 0 Å². The van der Waals surface area contributed by atoms with Crippen LogP contribution in [-0.4, -0.2) is 40.3 Å². The maximum absolute atomic E-state index is 12.7. The Morgan fingerprint density at radius 3 is 2.36 bits per heavy atom. The SMILES string of the molecule is CCOc1ccc(N(C(C)C(=O)Nc2ccc(OC)c(Cl)c2)S(C)(=O)=O)cc1. The summed E-state index contributed by atoms with van der Waals surface area (Å²) in [6.07, 6.45) is 1.05. The molecule has 0 heterocycles. The number of hydrogen-bond acceptors (Lipinski definition) is 5. The van der Waals surface area contributed by atoms with Crippen molar-refractivity contribution in [3.05, 3.63) is 47.5 Å². The quantitative estimate of drug-likeness (QED) is 0.697. The number of carbonyl (C=O) groups is 1. The van der Waals surface area contributed by atoms with Gasteiger partial charge in [-0.1, -0.05) is 11.6 Å². The van der Waals surface area contributed by atoms with Crippen molar-refractivity contribution in [1.29, 1.82) is 0 Å². The fourth-order valence-corrected chi connectivity index (χ4v) is 4.09. The normalized spacial score (nSPS) is 12.2. The minimum absolute atomic E-state index is 0.333. The summed E-state index contributed by atoms with van der Waals surface area (Å²) in [5.41, 5.74) is 0.796. The number of anilines is 2. The van der Waals surface area contributed by atoms with Gasteiger partial charge in [0.05, 0.1) is 30.7 Å². The van der Waals surface area contributed by atoms with E-state index < -0.39 is 22.0 Å². The van der Waals surface area contributed by atoms with Gasteiger partial charge >= 0.3 is 0 Å². The maximum Gasteiger partial charge on any atom is 0.247 e. The van der Waals surface area contributed by atoms with E-state index in [9.17, 15) is 13.2 Å². The van der Waals surface area contributed by atoms with E-state index >= 15 is 0 Å². The summed E-state index contributed by atoms with van der Waals surface area (Å²) in [6, 6.07) is 10.3. The van der Waals surface area contributed by atoms with Crippen molar-refractivity contribution in [1.82, 2.24) is 0 Å². The van der Waals surface area contributed by atoms with Gasteiger partial charge in [-0.15, -0.1) is 0 Å². The number of hydrogen-bond donors (Lipinski definition) is 1. The van der Waals surface area contributed by atoms with E-state index in [1.807, 2.05) is 6.92 Å². The highest BCUT2D eigenvalue weighted by Crippen LogP contribution is 2.28. The Morgan fingerprint density at radius 1 is 1.21 bits per heavy atom. The minimum atomic E-state index is -3.71. The molecule has 0 saturated carbocycles. The summed E-state index contributed by atoms with van der Waals surface area (Å²) in [4.78, 5) is 12.7. The van der Waals surface area contributed by atoms with Gasteiger partial charge in [-0.25, -0.2) is 8.42 Å². The van der Waals surface area contributed by atoms with Gasteiger partial charge in [-0.2, -0.15) is 0 Å². The second-order valence-corrected chi connectivity index (χ2v) is 8.27. The number of benzene rings is 2. The first kappa shape index (κ1) is 21.8. The van der Waals surface area contributed by atoms with Crippen molar-refractivity contribution >= 4 is 38.9 Å². The number of rotatable bonds is 8. The summed E-state index contributed by atoms with van der Waals surface area (Å²) in [7, 11) is -2.22. The van der Waals surface area contributed by atoms with E-state index in [-0.39, 0.29) is 0 Å². The third-order valence-corrected chi connectivity index (χ3v) is 5.45. The fraction of sp³-hybridized carbons (Fsp3) is 0.316. The van der Waals surface area contributed by atoms with Gasteiger partial charge in [0.25, 0.3) is 0 Å². The second-order valence-electron chi connectivity index (χ2n) is 6.00. The smallest absolute Gasteiger partial charge is 0.247 e. The van der Waals surface area contributed by atoms with E-state index in [0.29, 0.717) is 34.5 Å². The van der Waals surface area contributed by atoms with E-state index in [4.69, 9.17) is 21.1 Å². The molecule has 0 fully saturated rings. The Bertz CT molecular complexity index is 932. The summed E-state index contributed by atoms with van der Waals surface area (Å²) in [5, 5.41) is 3.01. The van der Waals surface area contributed by atoms with Crippen LogP contribution in [0.2, 0.25) is 5.02 Å². The molecule has 0 bridgehead atoms. The summed E-state index contributed by atoms with van der Waals surface area (Å²) in [5.74, 6) is 0.588. The Kier molecular flexibility index (Phi) is 7.15. The zero-order valence-electron chi connectivity index (χ0n) is 16.1. The number of nitrogens with zero attached hydrogens (tertiary/aromatic N) is 1. The number of nitrogens with one attached hydrogen (secondary N) is 1. The predicted molar refractivity (Wildman–Crippen MR) is 111 cm³/mol. The molecule has 28 heavy (non-hydrogen) atoms. The third kappa shape index (κ3) is 5.30. The molecule has 0 aliphatic carbocycles. The largest absolute Gasteiger partial charge is 0.495 e. The van der Waals surface area contributed by atoms with Crippen molar-refractivity contribution in [2.45, 2.75) is 19.9 Å². The molecule has 0 aliphatic rings. The van der Waals surface area contributed by atoms with Crippen LogP contribution in [0.3, 0.4) is 0 Å². The van der Waals surface area contributed by atoms with Gasteiger partial charge in [-0.3, -0.25) is 9.10 Å². The molecule has 0 aliphatic heterocycles. The summed E-state index contributed by atoms with van der Waals surface area (Å²) in [6.45, 7) is 3.87. The molecule has 2 aromatic carbocycles. The predicted octanol–water partition coefficient (Wildman–Crippen LogP) is 3.54. The van der Waals surface area contributed by atoms with Crippen LogP contribution in [0.1, 0.15) is 13.8 Å². The molecule has 0 aromatic heterocycles. The van der Waals surface area contributed by atoms with Crippen molar-refractivity contribution in [3.8, 4) is 11.5 Å². The number of methoxy groups -OCH3 is 1. The molecule has 2 rings (SSSR count). The lowest BCUT2D eigenvalue weighted by Gasteiger charge is -2.28. The number of halogens is 1. The van der Waals surface area contributed by atoms with Crippen molar-refractivity contribution < 1.29 is 22.7 Å². The zero-order valence-corrected chi connectivity index (χ0v) is 17.7. The van der Waals surface area contributed by atoms with Crippen LogP contribution in [0.15, 0.2) is 42.5 Å². The van der Waals surface area contributed by atoms with Gasteiger partial charge in [0, 0.05) is 5.69 Å². The van der Waals surface area contributed by atoms with E-state index in [2.05, 4.69) is 5.32 Å². The third-order valence-electron chi connectivity index (χ3n) is 3.91. The van der Waals surface area contributed by atoms with Gasteiger partial charge < -0.3 is 14.8 Å². The molecule has 0 spiro atoms. The molecule has 1 atom stereocenters. The lowest BCUT2D eigenvalue weighted by atomic mass is 10.2. The van der Waals surface area contributed by atoms with E-state index in [0.717, 1.165) is 10.6 Å². The molecule has 1 amide bonds. The van der Waals surface area contributed by atoms with Crippen LogP contribution < -0.4 is 19.1 Å². The molecule has 0 saturated heterocycles. The molecule has 0 radical (unpaired) electrons. The van der Waals surface area contributed by atoms with Gasteiger partial charge in [-0.05, 0) is 56.3 Å². The summed E-state index contributed by atoms with van der Waals surface area (Å²) >= 11 is 6.07. The minimum Gasteiger partial charge on any atom is -0.495 e. The van der Waals surface area contributed by atoms with Crippen LogP contribution in [0.25, 0.3) is 0 Å². The lowest BCUT2D eigenvalue weighted by molar-refractivity contribution is -0.116. The van der Waals surface area contributed by atoms with Crippen LogP contribution >= 0.6 is 11.6 Å².